The minimum atomic E-state index is -0.138. The summed E-state index contributed by atoms with van der Waals surface area (Å²) >= 11 is 3.46. The third kappa shape index (κ3) is 3.82. The van der Waals surface area contributed by atoms with Crippen molar-refractivity contribution < 1.29 is 4.79 Å². The van der Waals surface area contributed by atoms with E-state index in [4.69, 9.17) is 4.98 Å². The lowest BCUT2D eigenvalue weighted by molar-refractivity contribution is 0.102. The second-order valence-electron chi connectivity index (χ2n) is 6.58. The van der Waals surface area contributed by atoms with Crippen LogP contribution in [0, 0.1) is 0 Å². The van der Waals surface area contributed by atoms with Gasteiger partial charge in [0, 0.05) is 21.1 Å². The third-order valence-corrected chi connectivity index (χ3v) is 5.25. The summed E-state index contributed by atoms with van der Waals surface area (Å²) in [6.45, 7) is 2.11. The molecule has 0 spiro atoms. The minimum Gasteiger partial charge on any atom is -0.322 e. The van der Waals surface area contributed by atoms with Gasteiger partial charge in [-0.05, 0) is 48.4 Å². The maximum absolute atomic E-state index is 13.1. The Bertz CT molecular complexity index is 1140. The minimum absolute atomic E-state index is 0.138. The number of fused-ring (bicyclic) bond motifs is 1. The lowest BCUT2D eigenvalue weighted by Crippen LogP contribution is -2.13. The van der Waals surface area contributed by atoms with Crippen LogP contribution in [0.3, 0.4) is 0 Å². The number of hydrogen-bond donors (Lipinski definition) is 1. The highest BCUT2D eigenvalue weighted by Crippen LogP contribution is 2.26. The molecule has 1 aromatic heterocycles. The summed E-state index contributed by atoms with van der Waals surface area (Å²) < 4.78 is 1.01. The first-order valence-corrected chi connectivity index (χ1v) is 9.99. The summed E-state index contributed by atoms with van der Waals surface area (Å²) in [4.78, 5) is 17.8. The number of pyridine rings is 1. The van der Waals surface area contributed by atoms with E-state index in [2.05, 4.69) is 28.2 Å². The van der Waals surface area contributed by atoms with Gasteiger partial charge in [-0.2, -0.15) is 0 Å². The first kappa shape index (κ1) is 18.4. The summed E-state index contributed by atoms with van der Waals surface area (Å²) in [5.41, 5.74) is 5.18. The Kier molecular flexibility index (Phi) is 5.22. The highest BCUT2D eigenvalue weighted by atomic mass is 79.9. The molecule has 1 amide bonds. The molecule has 4 heteroatoms. The first-order chi connectivity index (χ1) is 13.6. The van der Waals surface area contributed by atoms with Crippen LogP contribution in [0.1, 0.15) is 22.8 Å². The predicted molar refractivity (Wildman–Crippen MR) is 119 cm³/mol. The van der Waals surface area contributed by atoms with E-state index < -0.39 is 0 Å². The molecule has 0 saturated heterocycles. The van der Waals surface area contributed by atoms with Crippen molar-refractivity contribution in [3.63, 3.8) is 0 Å². The summed E-state index contributed by atoms with van der Waals surface area (Å²) in [7, 11) is 0. The van der Waals surface area contributed by atoms with E-state index in [0.717, 1.165) is 38.7 Å². The summed E-state index contributed by atoms with van der Waals surface area (Å²) in [5, 5.41) is 3.85. The van der Waals surface area contributed by atoms with E-state index in [0.29, 0.717) is 5.56 Å². The second kappa shape index (κ2) is 7.95. The number of halogens is 1. The maximum atomic E-state index is 13.1. The number of anilines is 1. The molecule has 0 unspecified atom stereocenters. The zero-order chi connectivity index (χ0) is 19.5. The van der Waals surface area contributed by atoms with Gasteiger partial charge >= 0.3 is 0 Å². The van der Waals surface area contributed by atoms with E-state index in [-0.39, 0.29) is 5.91 Å². The van der Waals surface area contributed by atoms with Crippen LogP contribution in [0.5, 0.6) is 0 Å². The molecule has 3 aromatic carbocycles. The first-order valence-electron chi connectivity index (χ1n) is 9.20. The van der Waals surface area contributed by atoms with Gasteiger partial charge in [0.1, 0.15) is 0 Å². The molecular formula is C24H19BrN2O. The predicted octanol–water partition coefficient (Wildman–Crippen LogP) is 6.48. The molecule has 28 heavy (non-hydrogen) atoms. The molecular weight excluding hydrogens is 412 g/mol. The number of amides is 1. The molecule has 3 nitrogen and oxygen atoms in total. The molecule has 4 rings (SSSR count). The van der Waals surface area contributed by atoms with Crippen molar-refractivity contribution in [1.29, 1.82) is 0 Å². The van der Waals surface area contributed by atoms with Crippen LogP contribution < -0.4 is 5.32 Å². The molecule has 0 aliphatic rings. The molecule has 0 bridgehead atoms. The van der Waals surface area contributed by atoms with Crippen molar-refractivity contribution in [2.45, 2.75) is 13.3 Å². The largest absolute Gasteiger partial charge is 0.322 e. The van der Waals surface area contributed by atoms with Crippen molar-refractivity contribution in [3.8, 4) is 11.3 Å². The van der Waals surface area contributed by atoms with Gasteiger partial charge in [0.15, 0.2) is 0 Å². The van der Waals surface area contributed by atoms with Crippen molar-refractivity contribution in [1.82, 2.24) is 4.98 Å². The Labute approximate surface area is 172 Å². The molecule has 0 aliphatic heterocycles. The van der Waals surface area contributed by atoms with Crippen LogP contribution in [0.15, 0.2) is 83.3 Å². The van der Waals surface area contributed by atoms with Crippen LogP contribution in [0.4, 0.5) is 5.69 Å². The van der Waals surface area contributed by atoms with Crippen LogP contribution >= 0.6 is 15.9 Å². The maximum Gasteiger partial charge on any atom is 0.256 e. The lowest BCUT2D eigenvalue weighted by atomic mass is 10.0. The van der Waals surface area contributed by atoms with Crippen LogP contribution in [0.25, 0.3) is 22.2 Å². The summed E-state index contributed by atoms with van der Waals surface area (Å²) in [6, 6.07) is 25.5. The van der Waals surface area contributed by atoms with Crippen molar-refractivity contribution in [2.24, 2.45) is 0 Å². The standard InChI is InChI=1S/C24H19BrN2O/c1-2-16-7-13-19(14-8-16)26-24(28)21-15-23(17-9-11-18(25)12-10-17)27-22-6-4-3-5-20(21)22/h3-15H,2H2,1H3,(H,26,28). The third-order valence-electron chi connectivity index (χ3n) is 4.72. The molecule has 0 fully saturated rings. The van der Waals surface area contributed by atoms with Crippen molar-refractivity contribution >= 4 is 38.4 Å². The monoisotopic (exact) mass is 430 g/mol. The van der Waals surface area contributed by atoms with Gasteiger partial charge in [0.05, 0.1) is 16.8 Å². The highest BCUT2D eigenvalue weighted by molar-refractivity contribution is 9.10. The number of para-hydroxylation sites is 1. The number of carbonyl (C=O) groups is 1. The number of benzene rings is 3. The Morgan fingerprint density at radius 3 is 2.39 bits per heavy atom. The lowest BCUT2D eigenvalue weighted by Gasteiger charge is -2.11. The number of nitrogens with zero attached hydrogens (tertiary/aromatic N) is 1. The van der Waals surface area contributed by atoms with Gasteiger partial charge in [-0.25, -0.2) is 4.98 Å². The van der Waals surface area contributed by atoms with E-state index in [1.54, 1.807) is 0 Å². The number of aryl methyl sites for hydroxylation is 1. The molecule has 1 heterocycles. The SMILES string of the molecule is CCc1ccc(NC(=O)c2cc(-c3ccc(Br)cc3)nc3ccccc23)cc1. The smallest absolute Gasteiger partial charge is 0.256 e. The number of rotatable bonds is 4. The number of nitrogens with one attached hydrogen (secondary N) is 1. The van der Waals surface area contributed by atoms with Gasteiger partial charge in [-0.1, -0.05) is 65.3 Å². The second-order valence-corrected chi connectivity index (χ2v) is 7.50. The molecule has 1 N–H and O–H groups in total. The average molecular weight is 431 g/mol. The Morgan fingerprint density at radius 1 is 0.964 bits per heavy atom. The van der Waals surface area contributed by atoms with E-state index in [1.807, 2.05) is 78.9 Å². The summed E-state index contributed by atoms with van der Waals surface area (Å²) in [6.07, 6.45) is 0.972. The van der Waals surface area contributed by atoms with Crippen molar-refractivity contribution in [2.75, 3.05) is 5.32 Å². The zero-order valence-electron chi connectivity index (χ0n) is 15.4. The van der Waals surface area contributed by atoms with E-state index in [9.17, 15) is 4.79 Å². The van der Waals surface area contributed by atoms with Gasteiger partial charge in [-0.15, -0.1) is 0 Å². The normalized spacial score (nSPS) is 10.8. The van der Waals surface area contributed by atoms with Gasteiger partial charge in [0.25, 0.3) is 5.91 Å². The average Bonchev–Trinajstić information content (AvgIpc) is 2.74. The van der Waals surface area contributed by atoms with Crippen LogP contribution in [-0.2, 0) is 6.42 Å². The van der Waals surface area contributed by atoms with Crippen molar-refractivity contribution in [3.05, 3.63) is 94.5 Å². The van der Waals surface area contributed by atoms with Gasteiger partial charge in [-0.3, -0.25) is 4.79 Å². The fourth-order valence-electron chi connectivity index (χ4n) is 3.15. The highest BCUT2D eigenvalue weighted by Gasteiger charge is 2.14. The molecule has 0 saturated carbocycles. The fourth-order valence-corrected chi connectivity index (χ4v) is 3.42. The molecule has 0 radical (unpaired) electrons. The Balaban J connectivity index is 1.75. The van der Waals surface area contributed by atoms with Crippen LogP contribution in [0.2, 0.25) is 0 Å². The number of carbonyl (C=O) groups excluding carboxylic acids is 1. The molecule has 0 aliphatic carbocycles. The summed E-state index contributed by atoms with van der Waals surface area (Å²) in [5.74, 6) is -0.138. The Hall–Kier alpha value is -2.98. The molecule has 0 atom stereocenters. The fraction of sp³-hybridized carbons (Fsp3) is 0.0833. The number of aromatic nitrogens is 1. The number of hydrogen-bond acceptors (Lipinski definition) is 2. The zero-order valence-corrected chi connectivity index (χ0v) is 17.0. The van der Waals surface area contributed by atoms with Crippen LogP contribution in [-0.4, -0.2) is 10.9 Å². The van der Waals surface area contributed by atoms with Gasteiger partial charge < -0.3 is 5.32 Å². The Morgan fingerprint density at radius 2 is 1.68 bits per heavy atom. The van der Waals surface area contributed by atoms with Gasteiger partial charge in [0.2, 0.25) is 0 Å². The molecule has 4 aromatic rings. The van der Waals surface area contributed by atoms with E-state index in [1.165, 1.54) is 5.56 Å². The van der Waals surface area contributed by atoms with E-state index >= 15 is 0 Å². The molecule has 138 valence electrons. The topological polar surface area (TPSA) is 42.0 Å². The quantitative estimate of drug-likeness (QED) is 0.402.